The molecule has 0 amide bonds. The van der Waals surface area contributed by atoms with Crippen LogP contribution >= 0.6 is 11.8 Å². The van der Waals surface area contributed by atoms with Gasteiger partial charge in [0.15, 0.2) is 5.82 Å². The molecule has 0 saturated heterocycles. The highest BCUT2D eigenvalue weighted by molar-refractivity contribution is 7.99. The molecule has 3 aromatic heterocycles. The summed E-state index contributed by atoms with van der Waals surface area (Å²) in [5, 5.41) is 9.76. The average Bonchev–Trinajstić information content (AvgIpc) is 3.14. The van der Waals surface area contributed by atoms with E-state index in [1.165, 1.54) is 34.9 Å². The molecule has 7 nitrogen and oxygen atoms in total. The van der Waals surface area contributed by atoms with E-state index in [9.17, 15) is 4.39 Å². The molecule has 2 N–H and O–H groups in total. The summed E-state index contributed by atoms with van der Waals surface area (Å²) in [6, 6.07) is 6.11. The van der Waals surface area contributed by atoms with Gasteiger partial charge in [-0.2, -0.15) is 0 Å². The Balaban J connectivity index is 1.76. The van der Waals surface area contributed by atoms with Crippen molar-refractivity contribution in [3.05, 3.63) is 48.4 Å². The number of nitrogens with two attached hydrogens (primary N) is 1. The normalized spacial score (nSPS) is 11.2. The maximum atomic E-state index is 13.5. The summed E-state index contributed by atoms with van der Waals surface area (Å²) in [5.41, 5.74) is 1.40. The summed E-state index contributed by atoms with van der Waals surface area (Å²) in [7, 11) is 0. The van der Waals surface area contributed by atoms with E-state index < -0.39 is 0 Å². The van der Waals surface area contributed by atoms with Crippen LogP contribution in [-0.2, 0) is 0 Å². The second kappa shape index (κ2) is 5.60. The number of fused-ring (bicyclic) bond motifs is 1. The van der Waals surface area contributed by atoms with Crippen molar-refractivity contribution in [3.8, 4) is 11.4 Å². The van der Waals surface area contributed by atoms with Crippen LogP contribution in [0, 0.1) is 12.7 Å². The summed E-state index contributed by atoms with van der Waals surface area (Å²) in [4.78, 5) is 8.33. The topological polar surface area (TPSA) is 95.6 Å². The molecular formula is C15H11FN6OS. The monoisotopic (exact) mass is 342 g/mol. The minimum absolute atomic E-state index is 0.358. The number of halogens is 1. The summed E-state index contributed by atoms with van der Waals surface area (Å²) in [6.45, 7) is 1.82. The van der Waals surface area contributed by atoms with Crippen molar-refractivity contribution in [3.63, 3.8) is 0 Å². The Labute approximate surface area is 139 Å². The van der Waals surface area contributed by atoms with Crippen molar-refractivity contribution >= 4 is 22.7 Å². The molecule has 120 valence electrons. The smallest absolute Gasteiger partial charge is 0.216 e. The summed E-state index contributed by atoms with van der Waals surface area (Å²) in [5.74, 6) is 6.91. The van der Waals surface area contributed by atoms with Gasteiger partial charge < -0.3 is 10.3 Å². The largest absolute Gasteiger partial charge is 0.469 e. The SMILES string of the molecule is Cc1occc1-c1nnc(Sc2ncnc3ccc(F)cc23)n1N. The molecular weight excluding hydrogens is 331 g/mol. The van der Waals surface area contributed by atoms with Crippen LogP contribution in [-0.4, -0.2) is 24.8 Å². The minimum atomic E-state index is -0.358. The Hall–Kier alpha value is -2.94. The molecule has 0 atom stereocenters. The molecule has 24 heavy (non-hydrogen) atoms. The second-order valence-corrected chi connectivity index (χ2v) is 5.96. The lowest BCUT2D eigenvalue weighted by atomic mass is 10.2. The first-order valence-corrected chi connectivity index (χ1v) is 7.78. The zero-order chi connectivity index (χ0) is 16.7. The molecule has 0 fully saturated rings. The third kappa shape index (κ3) is 2.38. The van der Waals surface area contributed by atoms with Gasteiger partial charge in [-0.15, -0.1) is 10.2 Å². The van der Waals surface area contributed by atoms with Gasteiger partial charge in [0, 0.05) is 5.39 Å². The average molecular weight is 342 g/mol. The van der Waals surface area contributed by atoms with E-state index in [0.717, 1.165) is 5.56 Å². The van der Waals surface area contributed by atoms with Gasteiger partial charge in [0.05, 0.1) is 17.3 Å². The fourth-order valence-corrected chi connectivity index (χ4v) is 3.13. The highest BCUT2D eigenvalue weighted by atomic mass is 32.2. The number of nitrogen functional groups attached to an aromatic ring is 1. The van der Waals surface area contributed by atoms with Crippen molar-refractivity contribution < 1.29 is 8.81 Å². The van der Waals surface area contributed by atoms with Crippen LogP contribution in [0.2, 0.25) is 0 Å². The molecule has 0 aliphatic rings. The van der Waals surface area contributed by atoms with Crippen LogP contribution in [0.5, 0.6) is 0 Å². The standard InChI is InChI=1S/C15H11FN6OS/c1-8-10(4-5-23-8)13-20-21-15(22(13)17)24-14-11-6-9(16)2-3-12(11)18-7-19-14/h2-7H,17H2,1H3. The minimum Gasteiger partial charge on any atom is -0.469 e. The van der Waals surface area contributed by atoms with Crippen molar-refractivity contribution in [2.24, 2.45) is 0 Å². The number of aryl methyl sites for hydroxylation is 1. The quantitative estimate of drug-likeness (QED) is 0.452. The summed E-state index contributed by atoms with van der Waals surface area (Å²) < 4.78 is 20.2. The van der Waals surface area contributed by atoms with Crippen LogP contribution in [0.3, 0.4) is 0 Å². The first kappa shape index (κ1) is 14.6. The number of rotatable bonds is 3. The Morgan fingerprint density at radius 1 is 1.21 bits per heavy atom. The predicted octanol–water partition coefficient (Wildman–Crippen LogP) is 2.79. The van der Waals surface area contributed by atoms with E-state index in [2.05, 4.69) is 20.2 Å². The van der Waals surface area contributed by atoms with Gasteiger partial charge in [0.1, 0.15) is 22.9 Å². The number of hydrogen-bond donors (Lipinski definition) is 1. The molecule has 4 rings (SSSR count). The van der Waals surface area contributed by atoms with E-state index in [4.69, 9.17) is 10.3 Å². The van der Waals surface area contributed by atoms with Crippen molar-refractivity contribution in [1.29, 1.82) is 0 Å². The van der Waals surface area contributed by atoms with Crippen LogP contribution in [0.1, 0.15) is 5.76 Å². The van der Waals surface area contributed by atoms with Crippen LogP contribution < -0.4 is 5.84 Å². The summed E-state index contributed by atoms with van der Waals surface area (Å²) >= 11 is 1.19. The lowest BCUT2D eigenvalue weighted by Gasteiger charge is -2.05. The highest BCUT2D eigenvalue weighted by Crippen LogP contribution is 2.32. The fourth-order valence-electron chi connectivity index (χ4n) is 2.32. The van der Waals surface area contributed by atoms with E-state index in [-0.39, 0.29) is 5.82 Å². The number of benzene rings is 1. The van der Waals surface area contributed by atoms with E-state index in [1.54, 1.807) is 18.4 Å². The molecule has 0 saturated carbocycles. The van der Waals surface area contributed by atoms with Gasteiger partial charge in [-0.05, 0) is 43.0 Å². The van der Waals surface area contributed by atoms with Crippen molar-refractivity contribution in [2.75, 3.05) is 5.84 Å². The first-order valence-electron chi connectivity index (χ1n) is 6.96. The Morgan fingerprint density at radius 3 is 2.88 bits per heavy atom. The molecule has 9 heteroatoms. The number of nitrogens with zero attached hydrogens (tertiary/aromatic N) is 5. The number of furan rings is 1. The maximum absolute atomic E-state index is 13.5. The Kier molecular flexibility index (Phi) is 3.42. The Morgan fingerprint density at radius 2 is 2.08 bits per heavy atom. The lowest BCUT2D eigenvalue weighted by Crippen LogP contribution is -2.11. The molecule has 0 aliphatic heterocycles. The molecule has 0 unspecified atom stereocenters. The van der Waals surface area contributed by atoms with Crippen molar-refractivity contribution in [1.82, 2.24) is 24.8 Å². The maximum Gasteiger partial charge on any atom is 0.216 e. The first-order chi connectivity index (χ1) is 11.6. The molecule has 0 bridgehead atoms. The van der Waals surface area contributed by atoms with E-state index in [1.807, 2.05) is 6.92 Å². The van der Waals surface area contributed by atoms with Gasteiger partial charge in [0.25, 0.3) is 0 Å². The summed E-state index contributed by atoms with van der Waals surface area (Å²) in [6.07, 6.45) is 2.98. The van der Waals surface area contributed by atoms with Crippen molar-refractivity contribution in [2.45, 2.75) is 17.1 Å². The predicted molar refractivity (Wildman–Crippen MR) is 86.2 cm³/mol. The lowest BCUT2D eigenvalue weighted by molar-refractivity contribution is 0.535. The van der Waals surface area contributed by atoms with Gasteiger partial charge in [0.2, 0.25) is 5.16 Å². The molecule has 4 aromatic rings. The van der Waals surface area contributed by atoms with Gasteiger partial charge in [-0.25, -0.2) is 19.0 Å². The molecule has 1 aromatic carbocycles. The zero-order valence-corrected chi connectivity index (χ0v) is 13.3. The number of aromatic nitrogens is 5. The fraction of sp³-hybridized carbons (Fsp3) is 0.0667. The molecule has 3 heterocycles. The molecule has 0 radical (unpaired) electrons. The van der Waals surface area contributed by atoms with E-state index >= 15 is 0 Å². The van der Waals surface area contributed by atoms with Crippen LogP contribution in [0.25, 0.3) is 22.3 Å². The highest BCUT2D eigenvalue weighted by Gasteiger charge is 2.17. The third-order valence-corrected chi connectivity index (χ3v) is 4.49. The van der Waals surface area contributed by atoms with Gasteiger partial charge in [-0.1, -0.05) is 0 Å². The Bertz CT molecular complexity index is 1040. The number of hydrogen-bond acceptors (Lipinski definition) is 7. The van der Waals surface area contributed by atoms with Gasteiger partial charge >= 0.3 is 0 Å². The molecule has 0 aliphatic carbocycles. The van der Waals surface area contributed by atoms with E-state index in [0.29, 0.717) is 32.7 Å². The molecule has 0 spiro atoms. The van der Waals surface area contributed by atoms with Gasteiger partial charge in [-0.3, -0.25) is 0 Å². The zero-order valence-electron chi connectivity index (χ0n) is 12.5. The second-order valence-electron chi connectivity index (χ2n) is 5.01. The van der Waals surface area contributed by atoms with Crippen LogP contribution in [0.4, 0.5) is 4.39 Å². The van der Waals surface area contributed by atoms with Crippen LogP contribution in [0.15, 0.2) is 51.5 Å². The third-order valence-electron chi connectivity index (χ3n) is 3.51.